The highest BCUT2D eigenvalue weighted by Crippen LogP contribution is 2.27. The molecule has 1 N–H and O–H groups in total. The normalized spacial score (nSPS) is 14.5. The summed E-state index contributed by atoms with van der Waals surface area (Å²) < 4.78 is 32.9. The van der Waals surface area contributed by atoms with E-state index in [9.17, 15) is 13.2 Å². The van der Waals surface area contributed by atoms with Gasteiger partial charge in [-0.3, -0.25) is 4.79 Å². The molecule has 0 spiro atoms. The largest absolute Gasteiger partial charge is 0.372 e. The standard InChI is InChI=1S/C24H26N2O4S2/c27-24(23-22(12-15-31-23)32(28,29)26-13-4-5-14-26)25-16-19-8-10-21(11-9-19)18-30-17-20-6-2-1-3-7-20/h1-3,6-12,15H,4-5,13-14,16-18H2,(H,25,27). The molecule has 1 aromatic heterocycles. The smallest absolute Gasteiger partial charge is 0.263 e. The van der Waals surface area contributed by atoms with Gasteiger partial charge < -0.3 is 10.1 Å². The van der Waals surface area contributed by atoms with E-state index < -0.39 is 10.0 Å². The summed E-state index contributed by atoms with van der Waals surface area (Å²) in [4.78, 5) is 13.0. The number of amides is 1. The van der Waals surface area contributed by atoms with E-state index in [-0.39, 0.29) is 15.7 Å². The van der Waals surface area contributed by atoms with E-state index in [1.165, 1.54) is 10.4 Å². The fraction of sp³-hybridized carbons (Fsp3) is 0.292. The molecule has 1 fully saturated rings. The molecule has 8 heteroatoms. The summed E-state index contributed by atoms with van der Waals surface area (Å²) in [5.74, 6) is -0.368. The summed E-state index contributed by atoms with van der Waals surface area (Å²) in [7, 11) is -3.62. The summed E-state index contributed by atoms with van der Waals surface area (Å²) >= 11 is 1.15. The van der Waals surface area contributed by atoms with Crippen molar-refractivity contribution in [3.63, 3.8) is 0 Å². The number of hydrogen-bond acceptors (Lipinski definition) is 5. The number of thiophene rings is 1. The van der Waals surface area contributed by atoms with E-state index in [0.29, 0.717) is 32.8 Å². The van der Waals surface area contributed by atoms with Crippen LogP contribution in [0.25, 0.3) is 0 Å². The van der Waals surface area contributed by atoms with Gasteiger partial charge in [-0.25, -0.2) is 8.42 Å². The molecule has 2 heterocycles. The summed E-state index contributed by atoms with van der Waals surface area (Å²) in [6.45, 7) is 2.42. The van der Waals surface area contributed by atoms with Crippen molar-refractivity contribution in [2.24, 2.45) is 0 Å². The highest BCUT2D eigenvalue weighted by Gasteiger charge is 2.31. The van der Waals surface area contributed by atoms with Gasteiger partial charge in [0.05, 0.1) is 13.2 Å². The van der Waals surface area contributed by atoms with Gasteiger partial charge in [-0.1, -0.05) is 54.6 Å². The summed E-state index contributed by atoms with van der Waals surface area (Å²) in [6, 6.07) is 19.4. The fourth-order valence-corrected chi connectivity index (χ4v) is 6.44. The van der Waals surface area contributed by atoms with E-state index in [1.54, 1.807) is 5.38 Å². The van der Waals surface area contributed by atoms with Crippen LogP contribution >= 0.6 is 11.3 Å². The lowest BCUT2D eigenvalue weighted by Gasteiger charge is -2.15. The van der Waals surface area contributed by atoms with Crippen molar-refractivity contribution >= 4 is 27.3 Å². The molecule has 1 amide bonds. The zero-order valence-electron chi connectivity index (χ0n) is 17.7. The molecule has 1 aliphatic heterocycles. The van der Waals surface area contributed by atoms with Crippen molar-refractivity contribution < 1.29 is 17.9 Å². The lowest BCUT2D eigenvalue weighted by Crippen LogP contribution is -2.30. The van der Waals surface area contributed by atoms with Crippen LogP contribution in [0.15, 0.2) is 70.9 Å². The second-order valence-electron chi connectivity index (χ2n) is 7.70. The SMILES string of the molecule is O=C(NCc1ccc(COCc2ccccc2)cc1)c1sccc1S(=O)(=O)N1CCCC1. The Bertz CT molecular complexity index is 1140. The first-order chi connectivity index (χ1) is 15.5. The average molecular weight is 471 g/mol. The van der Waals surface area contributed by atoms with Crippen LogP contribution in [0, 0.1) is 0 Å². The van der Waals surface area contributed by atoms with Crippen LogP contribution in [0.5, 0.6) is 0 Å². The number of carbonyl (C=O) groups is 1. The Morgan fingerprint density at radius 2 is 1.53 bits per heavy atom. The summed E-state index contributed by atoms with van der Waals surface area (Å²) in [5.41, 5.74) is 3.12. The number of hydrogen-bond donors (Lipinski definition) is 1. The van der Waals surface area contributed by atoms with Crippen molar-refractivity contribution in [3.05, 3.63) is 87.6 Å². The van der Waals surface area contributed by atoms with Gasteiger partial charge in [0.25, 0.3) is 5.91 Å². The Kier molecular flexibility index (Phi) is 7.36. The molecule has 1 saturated heterocycles. The Morgan fingerprint density at radius 3 is 2.22 bits per heavy atom. The van der Waals surface area contributed by atoms with Gasteiger partial charge in [0.2, 0.25) is 10.0 Å². The molecule has 0 unspecified atom stereocenters. The second-order valence-corrected chi connectivity index (χ2v) is 10.5. The third-order valence-corrected chi connectivity index (χ3v) is 8.36. The Hall–Kier alpha value is -2.52. The van der Waals surface area contributed by atoms with E-state index in [2.05, 4.69) is 5.32 Å². The lowest BCUT2D eigenvalue weighted by molar-refractivity contribution is 0.0951. The van der Waals surface area contributed by atoms with Crippen LogP contribution in [-0.4, -0.2) is 31.7 Å². The molecule has 4 rings (SSSR count). The molecule has 6 nitrogen and oxygen atoms in total. The highest BCUT2D eigenvalue weighted by molar-refractivity contribution is 7.89. The molecular weight excluding hydrogens is 444 g/mol. The molecular formula is C24H26N2O4S2. The number of nitrogens with zero attached hydrogens (tertiary/aromatic N) is 1. The number of nitrogens with one attached hydrogen (secondary N) is 1. The van der Waals surface area contributed by atoms with Crippen LogP contribution in [0.3, 0.4) is 0 Å². The lowest BCUT2D eigenvalue weighted by atomic mass is 10.1. The van der Waals surface area contributed by atoms with Crippen LogP contribution in [0.2, 0.25) is 0 Å². The van der Waals surface area contributed by atoms with Gasteiger partial charge in [-0.2, -0.15) is 4.31 Å². The predicted molar refractivity (Wildman–Crippen MR) is 125 cm³/mol. The minimum atomic E-state index is -3.62. The van der Waals surface area contributed by atoms with E-state index in [1.807, 2.05) is 54.6 Å². The van der Waals surface area contributed by atoms with Crippen molar-refractivity contribution in [1.82, 2.24) is 9.62 Å². The molecule has 0 saturated carbocycles. The molecule has 0 atom stereocenters. The molecule has 0 radical (unpaired) electrons. The molecule has 0 bridgehead atoms. The topological polar surface area (TPSA) is 75.7 Å². The first-order valence-corrected chi connectivity index (χ1v) is 12.9. The molecule has 168 valence electrons. The fourth-order valence-electron chi connectivity index (χ4n) is 3.61. The molecule has 1 aliphatic rings. The van der Waals surface area contributed by atoms with Crippen LogP contribution in [-0.2, 0) is 34.5 Å². The average Bonchev–Trinajstić information content (AvgIpc) is 3.52. The quantitative estimate of drug-likeness (QED) is 0.509. The molecule has 32 heavy (non-hydrogen) atoms. The minimum absolute atomic E-state index is 0.104. The maximum Gasteiger partial charge on any atom is 0.263 e. The third kappa shape index (κ3) is 5.45. The van der Waals surface area contributed by atoms with Gasteiger partial charge in [-0.05, 0) is 41.0 Å². The van der Waals surface area contributed by atoms with Crippen molar-refractivity contribution in [2.75, 3.05) is 13.1 Å². The second kappa shape index (κ2) is 10.4. The number of sulfonamides is 1. The van der Waals surface area contributed by atoms with E-state index in [4.69, 9.17) is 4.74 Å². The number of rotatable bonds is 9. The van der Waals surface area contributed by atoms with Gasteiger partial charge in [-0.15, -0.1) is 11.3 Å². The maximum atomic E-state index is 12.9. The van der Waals surface area contributed by atoms with Gasteiger partial charge in [0, 0.05) is 19.6 Å². The van der Waals surface area contributed by atoms with Gasteiger partial charge >= 0.3 is 0 Å². The van der Waals surface area contributed by atoms with Crippen molar-refractivity contribution in [2.45, 2.75) is 37.5 Å². The van der Waals surface area contributed by atoms with Crippen molar-refractivity contribution in [3.8, 4) is 0 Å². The Morgan fingerprint density at radius 1 is 0.906 bits per heavy atom. The number of benzene rings is 2. The van der Waals surface area contributed by atoms with Crippen molar-refractivity contribution in [1.29, 1.82) is 0 Å². The predicted octanol–water partition coefficient (Wildman–Crippen LogP) is 4.18. The van der Waals surface area contributed by atoms with E-state index >= 15 is 0 Å². The molecule has 3 aromatic rings. The Balaban J connectivity index is 1.30. The first-order valence-electron chi connectivity index (χ1n) is 10.6. The highest BCUT2D eigenvalue weighted by atomic mass is 32.2. The van der Waals surface area contributed by atoms with Crippen LogP contribution in [0.4, 0.5) is 0 Å². The monoisotopic (exact) mass is 470 g/mol. The summed E-state index contributed by atoms with van der Waals surface area (Å²) in [6.07, 6.45) is 1.72. The van der Waals surface area contributed by atoms with Gasteiger partial charge in [0.1, 0.15) is 9.77 Å². The van der Waals surface area contributed by atoms with Gasteiger partial charge in [0.15, 0.2) is 0 Å². The molecule has 0 aliphatic carbocycles. The summed E-state index contributed by atoms with van der Waals surface area (Å²) in [5, 5.41) is 4.50. The number of ether oxygens (including phenoxy) is 1. The van der Waals surface area contributed by atoms with Crippen LogP contribution in [0.1, 0.15) is 39.2 Å². The number of carbonyl (C=O) groups excluding carboxylic acids is 1. The Labute approximate surface area is 192 Å². The zero-order valence-corrected chi connectivity index (χ0v) is 19.3. The third-order valence-electron chi connectivity index (χ3n) is 5.37. The van der Waals surface area contributed by atoms with E-state index in [0.717, 1.165) is 40.9 Å². The van der Waals surface area contributed by atoms with Crippen LogP contribution < -0.4 is 5.32 Å². The maximum absolute atomic E-state index is 12.9. The zero-order chi connectivity index (χ0) is 22.4. The first kappa shape index (κ1) is 22.7. The molecule has 2 aromatic carbocycles. The minimum Gasteiger partial charge on any atom is -0.372 e.